The number of amides is 1. The monoisotopic (exact) mass is 452 g/mol. The summed E-state index contributed by atoms with van der Waals surface area (Å²) in [5, 5.41) is 1.04. The van der Waals surface area contributed by atoms with Gasteiger partial charge in [-0.2, -0.15) is 0 Å². The molecule has 1 aromatic heterocycles. The molecule has 2 fully saturated rings. The van der Waals surface area contributed by atoms with E-state index < -0.39 is 0 Å². The van der Waals surface area contributed by atoms with Crippen molar-refractivity contribution >= 4 is 51.2 Å². The number of carbonyl (C=O) groups is 1. The Morgan fingerprint density at radius 1 is 1.23 bits per heavy atom. The third-order valence-electron chi connectivity index (χ3n) is 5.63. The van der Waals surface area contributed by atoms with Crippen molar-refractivity contribution in [3.05, 3.63) is 76.6 Å². The number of para-hydroxylation sites is 1. The minimum absolute atomic E-state index is 0.0625. The Morgan fingerprint density at radius 2 is 2.10 bits per heavy atom. The maximum absolute atomic E-state index is 13.6. The zero-order valence-corrected chi connectivity index (χ0v) is 18.4. The van der Waals surface area contributed by atoms with Crippen molar-refractivity contribution in [2.75, 3.05) is 13.2 Å². The minimum atomic E-state index is -0.246. The van der Waals surface area contributed by atoms with Crippen LogP contribution in [0, 0.1) is 5.82 Å². The van der Waals surface area contributed by atoms with Crippen LogP contribution in [-0.2, 0) is 16.1 Å². The average Bonchev–Trinajstić information content (AvgIpc) is 3.45. The van der Waals surface area contributed by atoms with Gasteiger partial charge in [-0.25, -0.2) is 4.39 Å². The van der Waals surface area contributed by atoms with Crippen LogP contribution in [0.1, 0.15) is 24.0 Å². The van der Waals surface area contributed by atoms with E-state index >= 15 is 0 Å². The van der Waals surface area contributed by atoms with E-state index in [0.717, 1.165) is 41.5 Å². The van der Waals surface area contributed by atoms with Crippen molar-refractivity contribution in [2.45, 2.75) is 25.5 Å². The van der Waals surface area contributed by atoms with Crippen LogP contribution in [0.3, 0.4) is 0 Å². The lowest BCUT2D eigenvalue weighted by atomic mass is 10.1. The molecule has 0 aliphatic carbocycles. The number of benzene rings is 2. The van der Waals surface area contributed by atoms with Gasteiger partial charge in [0.2, 0.25) is 0 Å². The molecular formula is C24H21FN2O2S2. The molecule has 31 heavy (non-hydrogen) atoms. The number of thioether (sulfide) groups is 1. The second-order valence-electron chi connectivity index (χ2n) is 7.79. The number of rotatable bonds is 5. The summed E-state index contributed by atoms with van der Waals surface area (Å²) < 4.78 is 22.0. The zero-order chi connectivity index (χ0) is 21.4. The van der Waals surface area contributed by atoms with E-state index in [-0.39, 0.29) is 17.8 Å². The molecule has 2 aliphatic heterocycles. The number of fused-ring (bicyclic) bond motifs is 1. The second-order valence-corrected chi connectivity index (χ2v) is 9.46. The lowest BCUT2D eigenvalue weighted by Crippen LogP contribution is -2.35. The predicted molar refractivity (Wildman–Crippen MR) is 126 cm³/mol. The molecule has 5 rings (SSSR count). The van der Waals surface area contributed by atoms with Crippen molar-refractivity contribution < 1.29 is 13.9 Å². The number of nitrogens with zero attached hydrogens (tertiary/aromatic N) is 2. The Bertz CT molecular complexity index is 1200. The van der Waals surface area contributed by atoms with Gasteiger partial charge in [-0.1, -0.05) is 54.3 Å². The molecule has 4 nitrogen and oxygen atoms in total. The van der Waals surface area contributed by atoms with Crippen LogP contribution < -0.4 is 0 Å². The van der Waals surface area contributed by atoms with Crippen molar-refractivity contribution in [3.8, 4) is 0 Å². The molecule has 3 heterocycles. The lowest BCUT2D eigenvalue weighted by Gasteiger charge is -2.18. The Morgan fingerprint density at radius 3 is 2.90 bits per heavy atom. The zero-order valence-electron chi connectivity index (χ0n) is 16.8. The number of halogens is 1. The van der Waals surface area contributed by atoms with Crippen LogP contribution in [0.4, 0.5) is 4.39 Å². The SMILES string of the molecule is O=C1/C(=C/c2cn(Cc3cccc(F)c3)c3ccccc23)SC(=S)N1CC1CCCO1. The van der Waals surface area contributed by atoms with Gasteiger partial charge >= 0.3 is 0 Å². The Balaban J connectivity index is 1.45. The first-order valence-corrected chi connectivity index (χ1v) is 11.5. The van der Waals surface area contributed by atoms with E-state index in [1.807, 2.05) is 42.6 Å². The van der Waals surface area contributed by atoms with Gasteiger partial charge in [-0.15, -0.1) is 0 Å². The van der Waals surface area contributed by atoms with E-state index in [0.29, 0.717) is 22.3 Å². The van der Waals surface area contributed by atoms with Crippen LogP contribution in [0.5, 0.6) is 0 Å². The van der Waals surface area contributed by atoms with Gasteiger partial charge in [0.1, 0.15) is 10.1 Å². The van der Waals surface area contributed by atoms with Crippen molar-refractivity contribution in [2.24, 2.45) is 0 Å². The van der Waals surface area contributed by atoms with Gasteiger partial charge in [0, 0.05) is 35.8 Å². The summed E-state index contributed by atoms with van der Waals surface area (Å²) in [6, 6.07) is 14.7. The molecular weight excluding hydrogens is 431 g/mol. The molecule has 3 aromatic rings. The smallest absolute Gasteiger partial charge is 0.266 e. The fraction of sp³-hybridized carbons (Fsp3) is 0.250. The maximum Gasteiger partial charge on any atom is 0.266 e. The molecule has 2 aromatic carbocycles. The summed E-state index contributed by atoms with van der Waals surface area (Å²) in [7, 11) is 0. The van der Waals surface area contributed by atoms with E-state index in [4.69, 9.17) is 17.0 Å². The van der Waals surface area contributed by atoms with Crippen LogP contribution >= 0.6 is 24.0 Å². The molecule has 7 heteroatoms. The molecule has 0 bridgehead atoms. The number of thiocarbonyl (C=S) groups is 1. The summed E-state index contributed by atoms with van der Waals surface area (Å²) >= 11 is 6.81. The van der Waals surface area contributed by atoms with Crippen LogP contribution in [-0.4, -0.2) is 39.0 Å². The molecule has 0 spiro atoms. The third kappa shape index (κ3) is 4.18. The van der Waals surface area contributed by atoms with Gasteiger partial charge in [0.05, 0.1) is 17.6 Å². The highest BCUT2D eigenvalue weighted by Crippen LogP contribution is 2.35. The van der Waals surface area contributed by atoms with Crippen molar-refractivity contribution in [1.29, 1.82) is 0 Å². The Hall–Kier alpha value is -2.48. The predicted octanol–water partition coefficient (Wildman–Crippen LogP) is 5.21. The first-order valence-electron chi connectivity index (χ1n) is 10.3. The number of hydrogen-bond acceptors (Lipinski definition) is 4. The third-order valence-corrected chi connectivity index (χ3v) is 7.01. The molecule has 1 amide bonds. The maximum atomic E-state index is 13.6. The van der Waals surface area contributed by atoms with Crippen LogP contribution in [0.25, 0.3) is 17.0 Å². The van der Waals surface area contributed by atoms with Crippen LogP contribution in [0.15, 0.2) is 59.6 Å². The van der Waals surface area contributed by atoms with Gasteiger partial charge in [0.25, 0.3) is 5.91 Å². The van der Waals surface area contributed by atoms with Gasteiger partial charge in [0.15, 0.2) is 0 Å². The fourth-order valence-corrected chi connectivity index (χ4v) is 5.41. The second kappa shape index (κ2) is 8.57. The summed E-state index contributed by atoms with van der Waals surface area (Å²) in [6.07, 6.45) is 5.99. The Kier molecular flexibility index (Phi) is 5.65. The first-order chi connectivity index (χ1) is 15.1. The quantitative estimate of drug-likeness (QED) is 0.393. The number of hydrogen-bond donors (Lipinski definition) is 0. The molecule has 2 saturated heterocycles. The molecule has 1 unspecified atom stereocenters. The molecule has 0 radical (unpaired) electrons. The molecule has 0 N–H and O–H groups in total. The highest BCUT2D eigenvalue weighted by molar-refractivity contribution is 8.26. The lowest BCUT2D eigenvalue weighted by molar-refractivity contribution is -0.123. The summed E-state index contributed by atoms with van der Waals surface area (Å²) in [5.74, 6) is -0.309. The normalized spacial score (nSPS) is 20.5. The van der Waals surface area contributed by atoms with Crippen molar-refractivity contribution in [3.63, 3.8) is 0 Å². The first kappa shape index (κ1) is 20.4. The van der Waals surface area contributed by atoms with Gasteiger partial charge in [-0.3, -0.25) is 9.69 Å². The molecule has 0 saturated carbocycles. The van der Waals surface area contributed by atoms with E-state index in [9.17, 15) is 9.18 Å². The summed E-state index contributed by atoms with van der Waals surface area (Å²) in [6.45, 7) is 1.82. The molecule has 1 atom stereocenters. The van der Waals surface area contributed by atoms with E-state index in [1.165, 1.54) is 17.8 Å². The topological polar surface area (TPSA) is 34.5 Å². The highest BCUT2D eigenvalue weighted by Gasteiger charge is 2.34. The van der Waals surface area contributed by atoms with E-state index in [1.54, 1.807) is 17.0 Å². The molecule has 2 aliphatic rings. The standard InChI is InChI=1S/C24H21FN2O2S2/c25-18-6-3-5-16(11-18)13-26-14-17(20-8-1-2-9-21(20)26)12-22-23(28)27(24(30)31-22)15-19-7-4-10-29-19/h1-3,5-6,8-9,11-12,14,19H,4,7,10,13,15H2/b22-12-. The Labute approximate surface area is 189 Å². The number of ether oxygens (including phenoxy) is 1. The van der Waals surface area contributed by atoms with Crippen LogP contribution in [0.2, 0.25) is 0 Å². The number of carbonyl (C=O) groups excluding carboxylic acids is 1. The fourth-order valence-electron chi connectivity index (χ4n) is 4.14. The largest absolute Gasteiger partial charge is 0.376 e. The molecule has 158 valence electrons. The minimum Gasteiger partial charge on any atom is -0.376 e. The van der Waals surface area contributed by atoms with Gasteiger partial charge < -0.3 is 9.30 Å². The number of aromatic nitrogens is 1. The highest BCUT2D eigenvalue weighted by atomic mass is 32.2. The van der Waals surface area contributed by atoms with Crippen molar-refractivity contribution in [1.82, 2.24) is 9.47 Å². The van der Waals surface area contributed by atoms with Gasteiger partial charge in [-0.05, 0) is 42.7 Å². The summed E-state index contributed by atoms with van der Waals surface area (Å²) in [4.78, 5) is 15.3. The van der Waals surface area contributed by atoms with E-state index in [2.05, 4.69) is 4.57 Å². The summed E-state index contributed by atoms with van der Waals surface area (Å²) in [5.41, 5.74) is 2.87. The average molecular weight is 453 g/mol.